The van der Waals surface area contributed by atoms with Crippen molar-refractivity contribution < 1.29 is 4.74 Å². The van der Waals surface area contributed by atoms with E-state index < -0.39 is 0 Å². The number of benzene rings is 2. The Hall–Kier alpha value is -2.28. The number of aryl methyl sites for hydroxylation is 1. The van der Waals surface area contributed by atoms with Gasteiger partial charge in [-0.15, -0.1) is 0 Å². The molecule has 0 saturated carbocycles. The lowest BCUT2D eigenvalue weighted by atomic mass is 9.93. The first-order chi connectivity index (χ1) is 13.6. The van der Waals surface area contributed by atoms with E-state index >= 15 is 0 Å². The van der Waals surface area contributed by atoms with Crippen LogP contribution in [0.4, 0.5) is 0 Å². The van der Waals surface area contributed by atoms with Crippen molar-refractivity contribution in [2.75, 3.05) is 6.61 Å². The molecule has 28 heavy (non-hydrogen) atoms. The van der Waals surface area contributed by atoms with Crippen LogP contribution in [0.15, 0.2) is 59.7 Å². The zero-order valence-corrected chi connectivity index (χ0v) is 18.0. The smallest absolute Gasteiger partial charge is 0.122 e. The van der Waals surface area contributed by atoms with Crippen LogP contribution in [0.25, 0.3) is 11.1 Å². The summed E-state index contributed by atoms with van der Waals surface area (Å²) in [5.41, 5.74) is 9.68. The van der Waals surface area contributed by atoms with Crippen LogP contribution in [0.5, 0.6) is 5.75 Å². The molecule has 0 spiro atoms. The predicted octanol–water partition coefficient (Wildman–Crippen LogP) is 7.75. The molecule has 1 nitrogen and oxygen atoms in total. The molecule has 1 heteroatoms. The van der Waals surface area contributed by atoms with E-state index in [4.69, 9.17) is 4.74 Å². The molecule has 1 aliphatic rings. The Morgan fingerprint density at radius 2 is 1.61 bits per heavy atom. The second-order valence-electron chi connectivity index (χ2n) is 8.10. The summed E-state index contributed by atoms with van der Waals surface area (Å²) in [4.78, 5) is 0. The second kappa shape index (κ2) is 9.78. The highest BCUT2D eigenvalue weighted by molar-refractivity contribution is 5.70. The van der Waals surface area contributed by atoms with Gasteiger partial charge in [-0.3, -0.25) is 0 Å². The summed E-state index contributed by atoms with van der Waals surface area (Å²) in [6, 6.07) is 13.5. The highest BCUT2D eigenvalue weighted by Gasteiger charge is 2.10. The zero-order chi connectivity index (χ0) is 19.9. The van der Waals surface area contributed by atoms with Crippen molar-refractivity contribution in [3.63, 3.8) is 0 Å². The van der Waals surface area contributed by atoms with Crippen LogP contribution in [0.3, 0.4) is 0 Å². The van der Waals surface area contributed by atoms with Crippen LogP contribution in [0, 0.1) is 13.8 Å². The number of allylic oxidation sites excluding steroid dienone is 4. The molecular weight excluding hydrogens is 340 g/mol. The molecule has 0 aromatic heterocycles. The zero-order valence-electron chi connectivity index (χ0n) is 18.0. The first-order valence-corrected chi connectivity index (χ1v) is 10.8. The maximum Gasteiger partial charge on any atom is 0.122 e. The van der Waals surface area contributed by atoms with Crippen LogP contribution in [-0.2, 0) is 6.42 Å². The molecule has 1 aliphatic carbocycles. The van der Waals surface area contributed by atoms with E-state index in [2.05, 4.69) is 76.2 Å². The van der Waals surface area contributed by atoms with E-state index in [1.165, 1.54) is 52.7 Å². The molecular formula is C27H34O. The van der Waals surface area contributed by atoms with Gasteiger partial charge in [-0.2, -0.15) is 0 Å². The fourth-order valence-corrected chi connectivity index (χ4v) is 3.74. The summed E-state index contributed by atoms with van der Waals surface area (Å²) in [6.45, 7) is 9.59. The third kappa shape index (κ3) is 5.16. The standard InChI is InChI=1S/C27H34O/c1-5-6-19-28-27-18-17-26(21(3)22(27)4)25-15-13-24(14-16-25)12-11-23-9-7-20(2)8-10-23/h7,9,13-18H,5-6,8,10-12,19H2,1-4H3. The van der Waals surface area contributed by atoms with E-state index in [-0.39, 0.29) is 0 Å². The Bertz CT molecular complexity index is 853. The van der Waals surface area contributed by atoms with Crippen molar-refractivity contribution >= 4 is 0 Å². The average Bonchev–Trinajstić information content (AvgIpc) is 2.71. The van der Waals surface area contributed by atoms with Crippen LogP contribution < -0.4 is 4.74 Å². The average molecular weight is 375 g/mol. The van der Waals surface area contributed by atoms with E-state index in [1.54, 1.807) is 5.57 Å². The minimum Gasteiger partial charge on any atom is -0.493 e. The molecule has 0 fully saturated rings. The Morgan fingerprint density at radius 1 is 0.821 bits per heavy atom. The number of hydrogen-bond acceptors (Lipinski definition) is 1. The minimum absolute atomic E-state index is 0.802. The van der Waals surface area contributed by atoms with Crippen molar-refractivity contribution in [1.29, 1.82) is 0 Å². The largest absolute Gasteiger partial charge is 0.493 e. The Balaban J connectivity index is 1.67. The Kier molecular flexibility index (Phi) is 7.14. The SMILES string of the molecule is CCCCOc1ccc(-c2ccc(CCC3=CC=C(C)CC3)cc2)c(C)c1C. The first kappa shape index (κ1) is 20.5. The lowest BCUT2D eigenvalue weighted by Gasteiger charge is -2.15. The third-order valence-corrected chi connectivity index (χ3v) is 5.94. The predicted molar refractivity (Wildman–Crippen MR) is 121 cm³/mol. The molecule has 0 saturated heterocycles. The summed E-state index contributed by atoms with van der Waals surface area (Å²) >= 11 is 0. The van der Waals surface area contributed by atoms with Crippen LogP contribution >= 0.6 is 0 Å². The molecule has 0 bridgehead atoms. The van der Waals surface area contributed by atoms with Gasteiger partial charge in [-0.05, 0) is 86.8 Å². The molecule has 0 atom stereocenters. The van der Waals surface area contributed by atoms with Gasteiger partial charge in [0.25, 0.3) is 0 Å². The topological polar surface area (TPSA) is 9.23 Å². The van der Waals surface area contributed by atoms with Crippen molar-refractivity contribution in [1.82, 2.24) is 0 Å². The van der Waals surface area contributed by atoms with Gasteiger partial charge in [0.05, 0.1) is 6.61 Å². The molecule has 2 aromatic rings. The molecule has 0 amide bonds. The van der Waals surface area contributed by atoms with Crippen LogP contribution in [-0.4, -0.2) is 6.61 Å². The maximum atomic E-state index is 5.95. The van der Waals surface area contributed by atoms with E-state index in [0.717, 1.165) is 31.6 Å². The van der Waals surface area contributed by atoms with Gasteiger partial charge >= 0.3 is 0 Å². The minimum atomic E-state index is 0.802. The normalized spacial score (nSPS) is 13.9. The number of rotatable bonds is 8. The van der Waals surface area contributed by atoms with Crippen molar-refractivity contribution in [3.8, 4) is 16.9 Å². The van der Waals surface area contributed by atoms with Crippen LogP contribution in [0.1, 0.15) is 62.6 Å². The van der Waals surface area contributed by atoms with E-state index in [9.17, 15) is 0 Å². The monoisotopic (exact) mass is 374 g/mol. The molecule has 0 N–H and O–H groups in total. The van der Waals surface area contributed by atoms with Crippen LogP contribution in [0.2, 0.25) is 0 Å². The quantitative estimate of drug-likeness (QED) is 0.429. The van der Waals surface area contributed by atoms with Gasteiger partial charge in [0.1, 0.15) is 5.75 Å². The van der Waals surface area contributed by atoms with Gasteiger partial charge in [-0.1, -0.05) is 67.0 Å². The molecule has 0 unspecified atom stereocenters. The van der Waals surface area contributed by atoms with E-state index in [0.29, 0.717) is 0 Å². The molecule has 3 rings (SSSR count). The highest BCUT2D eigenvalue weighted by atomic mass is 16.5. The molecule has 0 aliphatic heterocycles. The molecule has 0 radical (unpaired) electrons. The Labute approximate surface area is 171 Å². The first-order valence-electron chi connectivity index (χ1n) is 10.8. The fraction of sp³-hybridized carbons (Fsp3) is 0.407. The fourth-order valence-electron chi connectivity index (χ4n) is 3.74. The van der Waals surface area contributed by atoms with Crippen molar-refractivity contribution in [3.05, 3.63) is 76.4 Å². The summed E-state index contributed by atoms with van der Waals surface area (Å²) < 4.78 is 5.95. The molecule has 0 heterocycles. The maximum absolute atomic E-state index is 5.95. The number of unbranched alkanes of at least 4 members (excludes halogenated alkanes) is 1. The lowest BCUT2D eigenvalue weighted by Crippen LogP contribution is -2.00. The summed E-state index contributed by atoms with van der Waals surface area (Å²) in [7, 11) is 0. The van der Waals surface area contributed by atoms with Gasteiger partial charge in [-0.25, -0.2) is 0 Å². The van der Waals surface area contributed by atoms with Crippen molar-refractivity contribution in [2.24, 2.45) is 0 Å². The van der Waals surface area contributed by atoms with Crippen molar-refractivity contribution in [2.45, 2.75) is 66.2 Å². The highest BCUT2D eigenvalue weighted by Crippen LogP contribution is 2.32. The van der Waals surface area contributed by atoms with Gasteiger partial charge in [0.2, 0.25) is 0 Å². The summed E-state index contributed by atoms with van der Waals surface area (Å²) in [5, 5.41) is 0. The van der Waals surface area contributed by atoms with Gasteiger partial charge in [0, 0.05) is 0 Å². The summed E-state index contributed by atoms with van der Waals surface area (Å²) in [6.07, 6.45) is 11.6. The van der Waals surface area contributed by atoms with Gasteiger partial charge in [0.15, 0.2) is 0 Å². The lowest BCUT2D eigenvalue weighted by molar-refractivity contribution is 0.307. The Morgan fingerprint density at radius 3 is 2.29 bits per heavy atom. The second-order valence-corrected chi connectivity index (χ2v) is 8.10. The summed E-state index contributed by atoms with van der Waals surface area (Å²) in [5.74, 6) is 1.02. The van der Waals surface area contributed by atoms with E-state index in [1.807, 2.05) is 0 Å². The third-order valence-electron chi connectivity index (χ3n) is 5.94. The number of ether oxygens (including phenoxy) is 1. The molecule has 148 valence electrons. The van der Waals surface area contributed by atoms with Gasteiger partial charge < -0.3 is 4.74 Å². The number of hydrogen-bond donors (Lipinski definition) is 0. The molecule has 2 aromatic carbocycles.